The van der Waals surface area contributed by atoms with Crippen LogP contribution in [0.5, 0.6) is 11.5 Å². The molecule has 0 spiro atoms. The predicted molar refractivity (Wildman–Crippen MR) is 98.1 cm³/mol. The van der Waals surface area contributed by atoms with Gasteiger partial charge < -0.3 is 19.1 Å². The second-order valence-electron chi connectivity index (χ2n) is 7.18. The van der Waals surface area contributed by atoms with Crippen LogP contribution < -0.4 is 9.47 Å². The molecule has 7 nitrogen and oxygen atoms in total. The van der Waals surface area contributed by atoms with Gasteiger partial charge in [0.05, 0.1) is 12.7 Å². The Balaban J connectivity index is 1.74. The number of hydrogen-bond donors (Lipinski definition) is 0. The summed E-state index contributed by atoms with van der Waals surface area (Å²) in [5.41, 5.74) is 0.0285. The van der Waals surface area contributed by atoms with E-state index < -0.39 is 5.60 Å². The highest BCUT2D eigenvalue weighted by Crippen LogP contribution is 2.23. The molecule has 1 aliphatic rings. The number of nitrogens with zero attached hydrogens (tertiary/aromatic N) is 2. The van der Waals surface area contributed by atoms with E-state index in [1.807, 2.05) is 20.8 Å². The van der Waals surface area contributed by atoms with E-state index in [4.69, 9.17) is 14.2 Å². The Hall–Kier alpha value is -2.28. The molecule has 2 rings (SSSR count). The van der Waals surface area contributed by atoms with Gasteiger partial charge in [0.25, 0.3) is 0 Å². The van der Waals surface area contributed by atoms with Crippen LogP contribution in [-0.2, 0) is 4.74 Å². The van der Waals surface area contributed by atoms with E-state index in [-0.39, 0.29) is 6.09 Å². The lowest BCUT2D eigenvalue weighted by Crippen LogP contribution is -2.50. The number of benzene rings is 1. The van der Waals surface area contributed by atoms with Crippen LogP contribution in [0.3, 0.4) is 0 Å². The Morgan fingerprint density at radius 1 is 1.19 bits per heavy atom. The quantitative estimate of drug-likeness (QED) is 0.722. The molecule has 0 bridgehead atoms. The van der Waals surface area contributed by atoms with E-state index in [2.05, 4.69) is 4.90 Å². The minimum Gasteiger partial charge on any atom is -0.496 e. The molecule has 0 saturated carbocycles. The van der Waals surface area contributed by atoms with Crippen LogP contribution >= 0.6 is 0 Å². The topological polar surface area (TPSA) is 68.3 Å². The second kappa shape index (κ2) is 8.89. The minimum absolute atomic E-state index is 0.254. The first-order valence-electron chi connectivity index (χ1n) is 8.78. The molecule has 1 fully saturated rings. The van der Waals surface area contributed by atoms with Gasteiger partial charge in [0.2, 0.25) is 0 Å². The van der Waals surface area contributed by atoms with Gasteiger partial charge in [-0.25, -0.2) is 4.79 Å². The number of rotatable bonds is 6. The molecule has 1 aliphatic heterocycles. The van der Waals surface area contributed by atoms with E-state index >= 15 is 0 Å². The molecule has 0 aromatic heterocycles. The van der Waals surface area contributed by atoms with Crippen LogP contribution in [0.4, 0.5) is 4.79 Å². The Kier molecular flexibility index (Phi) is 6.85. The van der Waals surface area contributed by atoms with Crippen LogP contribution in [0.15, 0.2) is 18.2 Å². The third-order valence-corrected chi connectivity index (χ3v) is 4.03. The maximum Gasteiger partial charge on any atom is 0.410 e. The fraction of sp³-hybridized carbons (Fsp3) is 0.579. The van der Waals surface area contributed by atoms with Gasteiger partial charge in [-0.1, -0.05) is 0 Å². The maximum absolute atomic E-state index is 12.1. The molecule has 1 heterocycles. The summed E-state index contributed by atoms with van der Waals surface area (Å²) in [5.74, 6) is 1.17. The van der Waals surface area contributed by atoms with Gasteiger partial charge in [-0.3, -0.25) is 9.69 Å². The smallest absolute Gasteiger partial charge is 0.410 e. The largest absolute Gasteiger partial charge is 0.496 e. The predicted octanol–water partition coefficient (Wildman–Crippen LogP) is 2.44. The van der Waals surface area contributed by atoms with E-state index in [1.54, 1.807) is 23.1 Å². The van der Waals surface area contributed by atoms with Crippen molar-refractivity contribution in [3.63, 3.8) is 0 Å². The van der Waals surface area contributed by atoms with E-state index in [0.717, 1.165) is 25.9 Å². The molecule has 7 heteroatoms. The number of piperazine rings is 1. The van der Waals surface area contributed by atoms with Gasteiger partial charge in [-0.2, -0.15) is 0 Å². The van der Waals surface area contributed by atoms with Crippen molar-refractivity contribution in [3.05, 3.63) is 23.8 Å². The monoisotopic (exact) mass is 364 g/mol. The van der Waals surface area contributed by atoms with Gasteiger partial charge >= 0.3 is 6.09 Å². The molecule has 1 amide bonds. The first-order chi connectivity index (χ1) is 12.3. The van der Waals surface area contributed by atoms with Gasteiger partial charge in [0.15, 0.2) is 6.29 Å². The first-order valence-corrected chi connectivity index (χ1v) is 8.78. The third kappa shape index (κ3) is 5.91. The number of carbonyl (C=O) groups is 2. The Bertz CT molecular complexity index is 619. The molecule has 144 valence electrons. The highest BCUT2D eigenvalue weighted by Gasteiger charge is 2.25. The Morgan fingerprint density at radius 3 is 2.46 bits per heavy atom. The highest BCUT2D eigenvalue weighted by molar-refractivity contribution is 5.79. The summed E-state index contributed by atoms with van der Waals surface area (Å²) in [5, 5.41) is 0. The average Bonchev–Trinajstić information content (AvgIpc) is 2.60. The number of ether oxygens (including phenoxy) is 3. The third-order valence-electron chi connectivity index (χ3n) is 4.03. The van der Waals surface area contributed by atoms with Crippen LogP contribution in [0, 0.1) is 0 Å². The minimum atomic E-state index is -0.470. The molecule has 0 N–H and O–H groups in total. The lowest BCUT2D eigenvalue weighted by atomic mass is 10.2. The molecule has 0 unspecified atom stereocenters. The van der Waals surface area contributed by atoms with Crippen molar-refractivity contribution in [2.24, 2.45) is 0 Å². The summed E-state index contributed by atoms with van der Waals surface area (Å²) >= 11 is 0. The van der Waals surface area contributed by atoms with Crippen LogP contribution in [0.25, 0.3) is 0 Å². The summed E-state index contributed by atoms with van der Waals surface area (Å²) in [6.07, 6.45) is 0.503. The molecule has 1 saturated heterocycles. The van der Waals surface area contributed by atoms with Crippen LogP contribution in [-0.4, -0.2) is 74.2 Å². The van der Waals surface area contributed by atoms with Crippen LogP contribution in [0.2, 0.25) is 0 Å². The summed E-state index contributed by atoms with van der Waals surface area (Å²) in [7, 11) is 1.52. The SMILES string of the molecule is COc1cc(OCCN2CCN(C(=O)OC(C)(C)C)CC2)ccc1C=O. The fourth-order valence-corrected chi connectivity index (χ4v) is 2.65. The van der Waals surface area contributed by atoms with Crippen molar-refractivity contribution in [3.8, 4) is 11.5 Å². The standard InChI is InChI=1S/C19H28N2O5/c1-19(2,3)26-18(23)21-9-7-20(8-10-21)11-12-25-16-6-5-15(14-22)17(13-16)24-4/h5-6,13-14H,7-12H2,1-4H3. The highest BCUT2D eigenvalue weighted by atomic mass is 16.6. The molecular formula is C19H28N2O5. The first kappa shape index (κ1) is 20.0. The van der Waals surface area contributed by atoms with Crippen molar-refractivity contribution in [1.29, 1.82) is 0 Å². The number of carbonyl (C=O) groups excluding carboxylic acids is 2. The summed E-state index contributed by atoms with van der Waals surface area (Å²) < 4.78 is 16.3. The number of amides is 1. The van der Waals surface area contributed by atoms with Gasteiger partial charge in [0, 0.05) is 38.8 Å². The van der Waals surface area contributed by atoms with Crippen molar-refractivity contribution >= 4 is 12.4 Å². The lowest BCUT2D eigenvalue weighted by Gasteiger charge is -2.35. The molecule has 1 aromatic rings. The molecule has 26 heavy (non-hydrogen) atoms. The van der Waals surface area contributed by atoms with Gasteiger partial charge in [-0.05, 0) is 32.9 Å². The second-order valence-corrected chi connectivity index (χ2v) is 7.18. The van der Waals surface area contributed by atoms with Crippen LogP contribution in [0.1, 0.15) is 31.1 Å². The lowest BCUT2D eigenvalue weighted by molar-refractivity contribution is 0.0137. The van der Waals surface area contributed by atoms with Gasteiger partial charge in [0.1, 0.15) is 23.7 Å². The molecular weight excluding hydrogens is 336 g/mol. The zero-order valence-corrected chi connectivity index (χ0v) is 16.0. The number of methoxy groups -OCH3 is 1. The Morgan fingerprint density at radius 2 is 1.88 bits per heavy atom. The maximum atomic E-state index is 12.1. The van der Waals surface area contributed by atoms with Crippen molar-refractivity contribution in [1.82, 2.24) is 9.80 Å². The van der Waals surface area contributed by atoms with E-state index in [1.165, 1.54) is 7.11 Å². The normalized spacial score (nSPS) is 15.5. The molecule has 0 radical (unpaired) electrons. The number of aldehydes is 1. The molecule has 1 aromatic carbocycles. The Labute approximate surface area is 154 Å². The van der Waals surface area contributed by atoms with Gasteiger partial charge in [-0.15, -0.1) is 0 Å². The number of hydrogen-bond acceptors (Lipinski definition) is 6. The molecule has 0 atom stereocenters. The zero-order chi connectivity index (χ0) is 19.2. The summed E-state index contributed by atoms with van der Waals surface area (Å²) in [6, 6.07) is 5.15. The average molecular weight is 364 g/mol. The summed E-state index contributed by atoms with van der Waals surface area (Å²) in [4.78, 5) is 27.0. The van der Waals surface area contributed by atoms with Crippen molar-refractivity contribution in [2.75, 3.05) is 46.4 Å². The van der Waals surface area contributed by atoms with Crippen molar-refractivity contribution < 1.29 is 23.8 Å². The van der Waals surface area contributed by atoms with E-state index in [9.17, 15) is 9.59 Å². The summed E-state index contributed by atoms with van der Waals surface area (Å²) in [6.45, 7) is 9.77. The van der Waals surface area contributed by atoms with E-state index in [0.29, 0.717) is 36.8 Å². The fourth-order valence-electron chi connectivity index (χ4n) is 2.65. The van der Waals surface area contributed by atoms with Crippen molar-refractivity contribution in [2.45, 2.75) is 26.4 Å². The molecule has 0 aliphatic carbocycles. The zero-order valence-electron chi connectivity index (χ0n) is 16.0.